The normalized spacial score (nSPS) is 9.26. The number of halogens is 1. The van der Waals surface area contributed by atoms with Gasteiger partial charge in [-0.2, -0.15) is 10.5 Å². The summed E-state index contributed by atoms with van der Waals surface area (Å²) in [5, 5.41) is 17.7. The predicted octanol–water partition coefficient (Wildman–Crippen LogP) is 1.56. The molecular formula is C12H11ClN4O2. The molecule has 0 aromatic heterocycles. The minimum absolute atomic E-state index is 0.0822. The Morgan fingerprint density at radius 1 is 1.42 bits per heavy atom. The molecule has 0 unspecified atom stereocenters. The lowest BCUT2D eigenvalue weighted by Crippen LogP contribution is -2.26. The van der Waals surface area contributed by atoms with Crippen LogP contribution in [0.5, 0.6) is 0 Å². The first-order valence-electron chi connectivity index (χ1n) is 5.21. The van der Waals surface area contributed by atoms with Gasteiger partial charge in [-0.3, -0.25) is 0 Å². The minimum atomic E-state index is -0.634. The average molecular weight is 279 g/mol. The molecule has 0 atom stereocenters. The highest BCUT2D eigenvalue weighted by Crippen LogP contribution is 2.32. The molecule has 0 radical (unpaired) electrons. The zero-order chi connectivity index (χ0) is 14.4. The third-order valence-electron chi connectivity index (χ3n) is 2.33. The summed E-state index contributed by atoms with van der Waals surface area (Å²) in [6.45, 7) is -0.164. The molecule has 6 nitrogen and oxygen atoms in total. The van der Waals surface area contributed by atoms with Crippen LogP contribution in [0.2, 0.25) is 5.02 Å². The molecule has 0 fully saturated rings. The number of hydrogen-bond acceptors (Lipinski definition) is 6. The number of nitrogens with two attached hydrogens (primary N) is 1. The first kappa shape index (κ1) is 14.6. The first-order chi connectivity index (χ1) is 9.04. The molecule has 0 saturated carbocycles. The van der Waals surface area contributed by atoms with Gasteiger partial charge in [0.2, 0.25) is 0 Å². The number of methoxy groups -OCH3 is 1. The molecular weight excluding hydrogens is 268 g/mol. The van der Waals surface area contributed by atoms with Gasteiger partial charge in [0, 0.05) is 5.69 Å². The van der Waals surface area contributed by atoms with Gasteiger partial charge in [0.15, 0.2) is 0 Å². The second-order valence-corrected chi connectivity index (χ2v) is 3.97. The fourth-order valence-electron chi connectivity index (χ4n) is 1.59. The summed E-state index contributed by atoms with van der Waals surface area (Å²) in [5.74, 6) is -0.634. The third-order valence-corrected chi connectivity index (χ3v) is 2.62. The largest absolute Gasteiger partial charge is 0.465 e. The number of esters is 1. The fourth-order valence-corrected chi connectivity index (χ4v) is 1.94. The Labute approximate surface area is 115 Å². The number of anilines is 2. The first-order valence-corrected chi connectivity index (χ1v) is 5.59. The zero-order valence-corrected chi connectivity index (χ0v) is 10.9. The van der Waals surface area contributed by atoms with E-state index in [1.807, 2.05) is 12.1 Å². The van der Waals surface area contributed by atoms with Gasteiger partial charge >= 0.3 is 5.97 Å². The van der Waals surface area contributed by atoms with Crippen molar-refractivity contribution >= 4 is 28.9 Å². The van der Waals surface area contributed by atoms with Crippen molar-refractivity contribution < 1.29 is 9.53 Å². The molecule has 19 heavy (non-hydrogen) atoms. The van der Waals surface area contributed by atoms with Gasteiger partial charge in [0.05, 0.1) is 35.5 Å². The van der Waals surface area contributed by atoms with Crippen molar-refractivity contribution in [2.75, 3.05) is 30.8 Å². The highest BCUT2D eigenvalue weighted by molar-refractivity contribution is 6.34. The molecule has 1 rings (SSSR count). The third kappa shape index (κ3) is 3.27. The number of hydrogen-bond donors (Lipinski definition) is 1. The van der Waals surface area contributed by atoms with Crippen molar-refractivity contribution in [1.29, 1.82) is 10.5 Å². The van der Waals surface area contributed by atoms with E-state index in [4.69, 9.17) is 27.9 Å². The molecule has 0 spiro atoms. The Bertz CT molecular complexity index is 558. The summed E-state index contributed by atoms with van der Waals surface area (Å²) in [5.41, 5.74) is 6.32. The fraction of sp³-hybridized carbons (Fsp3) is 0.250. The number of nitrogen functional groups attached to an aromatic ring is 1. The summed E-state index contributed by atoms with van der Waals surface area (Å²) in [6.07, 6.45) is 0. The maximum atomic E-state index is 11.7. The van der Waals surface area contributed by atoms with Gasteiger partial charge in [-0.25, -0.2) is 4.79 Å². The van der Waals surface area contributed by atoms with E-state index < -0.39 is 5.97 Å². The van der Waals surface area contributed by atoms with Crippen LogP contribution in [-0.4, -0.2) is 26.2 Å². The van der Waals surface area contributed by atoms with E-state index in [1.54, 1.807) is 0 Å². The summed E-state index contributed by atoms with van der Waals surface area (Å²) in [6, 6.07) is 6.67. The monoisotopic (exact) mass is 278 g/mol. The number of nitriles is 2. The van der Waals surface area contributed by atoms with Crippen LogP contribution in [0.1, 0.15) is 10.4 Å². The van der Waals surface area contributed by atoms with E-state index in [0.717, 1.165) is 0 Å². The van der Waals surface area contributed by atoms with Crippen LogP contribution in [0.3, 0.4) is 0 Å². The quantitative estimate of drug-likeness (QED) is 0.509. The smallest absolute Gasteiger partial charge is 0.340 e. The lowest BCUT2D eigenvalue weighted by molar-refractivity contribution is 0.0601. The Kier molecular flexibility index (Phi) is 4.99. The molecule has 1 aromatic rings. The number of rotatable bonds is 4. The Morgan fingerprint density at radius 3 is 2.47 bits per heavy atom. The van der Waals surface area contributed by atoms with E-state index >= 15 is 0 Å². The molecule has 2 N–H and O–H groups in total. The lowest BCUT2D eigenvalue weighted by atomic mass is 10.1. The number of ether oxygens (including phenoxy) is 1. The van der Waals surface area contributed by atoms with Gasteiger partial charge in [-0.1, -0.05) is 11.6 Å². The molecule has 0 aliphatic carbocycles. The topological polar surface area (TPSA) is 103 Å². The van der Waals surface area contributed by atoms with Crippen molar-refractivity contribution in [2.24, 2.45) is 0 Å². The summed E-state index contributed by atoms with van der Waals surface area (Å²) in [4.78, 5) is 13.1. The maximum absolute atomic E-state index is 11.7. The highest BCUT2D eigenvalue weighted by atomic mass is 35.5. The molecule has 0 aliphatic rings. The second-order valence-electron chi connectivity index (χ2n) is 3.56. The summed E-state index contributed by atoms with van der Waals surface area (Å²) < 4.78 is 4.65. The van der Waals surface area contributed by atoms with Crippen LogP contribution in [0.4, 0.5) is 11.4 Å². The van der Waals surface area contributed by atoms with Gasteiger partial charge in [-0.05, 0) is 12.1 Å². The Hall–Kier alpha value is -2.44. The molecule has 0 bridgehead atoms. The standard InChI is InChI=1S/C12H11ClN4O2/c1-19-12(18)9-6-8(16)7-10(13)11(9)17(4-2-14)5-3-15/h6-7H,4-5,16H2,1H3. The zero-order valence-electron chi connectivity index (χ0n) is 10.2. The SMILES string of the molecule is COC(=O)c1cc(N)cc(Cl)c1N(CC#N)CC#N. The molecule has 7 heteroatoms. The minimum Gasteiger partial charge on any atom is -0.465 e. The number of benzene rings is 1. The molecule has 98 valence electrons. The van der Waals surface area contributed by atoms with Gasteiger partial charge < -0.3 is 15.4 Å². The number of carbonyl (C=O) groups excluding carboxylic acids is 1. The van der Waals surface area contributed by atoms with Crippen molar-refractivity contribution in [3.63, 3.8) is 0 Å². The van der Waals surface area contributed by atoms with Crippen LogP contribution < -0.4 is 10.6 Å². The van der Waals surface area contributed by atoms with Crippen LogP contribution in [-0.2, 0) is 4.74 Å². The van der Waals surface area contributed by atoms with E-state index in [0.29, 0.717) is 5.69 Å². The average Bonchev–Trinajstić information content (AvgIpc) is 2.37. The summed E-state index contributed by atoms with van der Waals surface area (Å²) >= 11 is 6.05. The number of nitrogens with zero attached hydrogens (tertiary/aromatic N) is 3. The van der Waals surface area contributed by atoms with Crippen LogP contribution >= 0.6 is 11.6 Å². The van der Waals surface area contributed by atoms with Gasteiger partial charge in [-0.15, -0.1) is 0 Å². The van der Waals surface area contributed by atoms with Gasteiger partial charge in [0.25, 0.3) is 0 Å². The van der Waals surface area contributed by atoms with E-state index in [-0.39, 0.29) is 29.4 Å². The molecule has 0 heterocycles. The van der Waals surface area contributed by atoms with Crippen LogP contribution in [0, 0.1) is 22.7 Å². The van der Waals surface area contributed by atoms with E-state index in [9.17, 15) is 4.79 Å². The molecule has 1 aromatic carbocycles. The highest BCUT2D eigenvalue weighted by Gasteiger charge is 2.21. The van der Waals surface area contributed by atoms with Crippen molar-refractivity contribution in [1.82, 2.24) is 0 Å². The number of carbonyl (C=O) groups is 1. The van der Waals surface area contributed by atoms with Crippen LogP contribution in [0.25, 0.3) is 0 Å². The van der Waals surface area contributed by atoms with Crippen molar-refractivity contribution in [2.45, 2.75) is 0 Å². The predicted molar refractivity (Wildman–Crippen MR) is 70.6 cm³/mol. The summed E-state index contributed by atoms with van der Waals surface area (Å²) in [7, 11) is 1.22. The molecule has 0 aliphatic heterocycles. The van der Waals surface area contributed by atoms with E-state index in [1.165, 1.54) is 24.1 Å². The Balaban J connectivity index is 3.43. The van der Waals surface area contributed by atoms with Crippen molar-refractivity contribution in [3.8, 4) is 12.1 Å². The second kappa shape index (κ2) is 6.48. The lowest BCUT2D eigenvalue weighted by Gasteiger charge is -2.22. The molecule has 0 saturated heterocycles. The van der Waals surface area contributed by atoms with Crippen molar-refractivity contribution in [3.05, 3.63) is 22.7 Å². The van der Waals surface area contributed by atoms with Crippen LogP contribution in [0.15, 0.2) is 12.1 Å². The van der Waals surface area contributed by atoms with E-state index in [2.05, 4.69) is 4.74 Å². The molecule has 0 amide bonds. The maximum Gasteiger partial charge on any atom is 0.340 e. The van der Waals surface area contributed by atoms with Gasteiger partial charge in [0.1, 0.15) is 13.1 Å². The Morgan fingerprint density at radius 2 is 2.00 bits per heavy atom.